The average Bonchev–Trinajstić information content (AvgIpc) is 2.67. The first-order chi connectivity index (χ1) is 13.8. The van der Waals surface area contributed by atoms with Gasteiger partial charge in [-0.1, -0.05) is 118 Å². The number of aryl methyl sites for hydroxylation is 1. The van der Waals surface area contributed by atoms with Gasteiger partial charge >= 0.3 is 0 Å². The van der Waals surface area contributed by atoms with Crippen LogP contribution in [-0.4, -0.2) is 0 Å². The van der Waals surface area contributed by atoms with E-state index in [4.69, 9.17) is 0 Å². The minimum absolute atomic E-state index is 0.761. The lowest BCUT2D eigenvalue weighted by molar-refractivity contribution is 0.647. The third-order valence-electron chi connectivity index (χ3n) is 4.60. The van der Waals surface area contributed by atoms with E-state index < -0.39 is 0 Å². The Bertz CT molecular complexity index is 813. The van der Waals surface area contributed by atoms with Crippen LogP contribution in [0.25, 0.3) is 5.57 Å². The Balaban J connectivity index is 0.000000326. The maximum Gasteiger partial charge on any atom is -0.00942 e. The fourth-order valence-corrected chi connectivity index (χ4v) is 3.02. The minimum Gasteiger partial charge on any atom is -0.0991 e. The van der Waals surface area contributed by atoms with Gasteiger partial charge in [0, 0.05) is 0 Å². The van der Waals surface area contributed by atoms with Crippen LogP contribution in [0.2, 0.25) is 0 Å². The van der Waals surface area contributed by atoms with Gasteiger partial charge in [0.2, 0.25) is 0 Å². The number of hydrogen-bond donors (Lipinski definition) is 0. The molecule has 2 aromatic carbocycles. The lowest BCUT2D eigenvalue weighted by Gasteiger charge is -2.04. The molecule has 2 rings (SSSR count). The number of allylic oxidation sites excluding steroid dienone is 6. The topological polar surface area (TPSA) is 0 Å². The Kier molecular flexibility index (Phi) is 11.4. The van der Waals surface area contributed by atoms with E-state index in [9.17, 15) is 0 Å². The second kappa shape index (κ2) is 13.6. The molecule has 0 aliphatic heterocycles. The van der Waals surface area contributed by atoms with Crippen LogP contribution in [0.3, 0.4) is 0 Å². The Morgan fingerprint density at radius 1 is 1.03 bits per heavy atom. The Hall–Kier alpha value is -2.60. The van der Waals surface area contributed by atoms with Crippen LogP contribution in [0.4, 0.5) is 0 Å². The van der Waals surface area contributed by atoms with Crippen molar-refractivity contribution in [2.24, 2.45) is 5.92 Å². The highest BCUT2D eigenvalue weighted by Crippen LogP contribution is 2.13. The Labute approximate surface area is 179 Å². The largest absolute Gasteiger partial charge is 0.0991 e. The Morgan fingerprint density at radius 2 is 1.72 bits per heavy atom. The zero-order valence-electron chi connectivity index (χ0n) is 19.0. The lowest BCUT2D eigenvalue weighted by Crippen LogP contribution is -1.93. The molecule has 0 aliphatic carbocycles. The second-order valence-electron chi connectivity index (χ2n) is 8.00. The van der Waals surface area contributed by atoms with E-state index >= 15 is 0 Å². The first-order valence-electron chi connectivity index (χ1n) is 10.6. The summed E-state index contributed by atoms with van der Waals surface area (Å²) in [7, 11) is 0. The molecular weight excluding hydrogens is 348 g/mol. The van der Waals surface area contributed by atoms with Crippen LogP contribution in [0, 0.1) is 12.8 Å². The SMILES string of the molecule is C=C/C=C(\C=C/Cc1ccc(C(=C)C)cc1)CC.Cc1cccc(CC(C)C)c1. The molecule has 0 heteroatoms. The third kappa shape index (κ3) is 10.5. The van der Waals surface area contributed by atoms with Crippen molar-refractivity contribution in [3.05, 3.63) is 114 Å². The highest BCUT2D eigenvalue weighted by molar-refractivity contribution is 5.61. The van der Waals surface area contributed by atoms with Gasteiger partial charge < -0.3 is 0 Å². The summed E-state index contributed by atoms with van der Waals surface area (Å²) in [5.41, 5.74) is 7.78. The molecule has 0 nitrogen and oxygen atoms in total. The zero-order chi connectivity index (χ0) is 21.6. The summed E-state index contributed by atoms with van der Waals surface area (Å²) >= 11 is 0. The molecule has 2 aromatic rings. The summed E-state index contributed by atoms with van der Waals surface area (Å²) in [5.74, 6) is 0.761. The van der Waals surface area contributed by atoms with E-state index in [2.05, 4.69) is 108 Å². The summed E-state index contributed by atoms with van der Waals surface area (Å²) in [6, 6.07) is 17.3. The van der Waals surface area contributed by atoms with Gasteiger partial charge in [0.15, 0.2) is 0 Å². The molecule has 0 amide bonds. The van der Waals surface area contributed by atoms with Crippen LogP contribution in [0.5, 0.6) is 0 Å². The van der Waals surface area contributed by atoms with Gasteiger partial charge in [-0.05, 0) is 61.3 Å². The highest BCUT2D eigenvalue weighted by atomic mass is 14.0. The van der Waals surface area contributed by atoms with Crippen molar-refractivity contribution in [2.45, 2.75) is 53.9 Å². The third-order valence-corrected chi connectivity index (χ3v) is 4.60. The number of rotatable bonds is 8. The molecule has 0 saturated heterocycles. The van der Waals surface area contributed by atoms with Gasteiger partial charge in [0.1, 0.15) is 0 Å². The highest BCUT2D eigenvalue weighted by Gasteiger charge is 1.96. The summed E-state index contributed by atoms with van der Waals surface area (Å²) in [4.78, 5) is 0. The van der Waals surface area contributed by atoms with Gasteiger partial charge in [-0.3, -0.25) is 0 Å². The van der Waals surface area contributed by atoms with Crippen molar-refractivity contribution in [3.8, 4) is 0 Å². The van der Waals surface area contributed by atoms with E-state index in [0.29, 0.717) is 0 Å². The summed E-state index contributed by atoms with van der Waals surface area (Å²) in [6.45, 7) is 18.5. The Morgan fingerprint density at radius 3 is 2.24 bits per heavy atom. The molecule has 0 aliphatic rings. The van der Waals surface area contributed by atoms with Gasteiger partial charge in [0.25, 0.3) is 0 Å². The molecule has 0 bridgehead atoms. The van der Waals surface area contributed by atoms with Gasteiger partial charge in [0.05, 0.1) is 0 Å². The van der Waals surface area contributed by atoms with Crippen molar-refractivity contribution < 1.29 is 0 Å². The van der Waals surface area contributed by atoms with Crippen LogP contribution in [-0.2, 0) is 12.8 Å². The molecule has 29 heavy (non-hydrogen) atoms. The molecule has 0 atom stereocenters. The molecule has 0 heterocycles. The van der Waals surface area contributed by atoms with Crippen LogP contribution < -0.4 is 0 Å². The van der Waals surface area contributed by atoms with E-state index in [1.165, 1.54) is 34.2 Å². The average molecular weight is 387 g/mol. The van der Waals surface area contributed by atoms with E-state index in [1.807, 2.05) is 13.0 Å². The fourth-order valence-electron chi connectivity index (χ4n) is 3.02. The minimum atomic E-state index is 0.761. The van der Waals surface area contributed by atoms with Crippen molar-refractivity contribution in [1.29, 1.82) is 0 Å². The first-order valence-corrected chi connectivity index (χ1v) is 10.6. The quantitative estimate of drug-likeness (QED) is 0.399. The normalized spacial score (nSPS) is 11.3. The van der Waals surface area contributed by atoms with Gasteiger partial charge in [-0.15, -0.1) is 0 Å². The van der Waals surface area contributed by atoms with Crippen molar-refractivity contribution in [2.75, 3.05) is 0 Å². The van der Waals surface area contributed by atoms with E-state index in [1.54, 1.807) is 0 Å². The molecule has 0 aromatic heterocycles. The number of hydrogen-bond acceptors (Lipinski definition) is 0. The molecule has 154 valence electrons. The predicted molar refractivity (Wildman–Crippen MR) is 132 cm³/mol. The van der Waals surface area contributed by atoms with Crippen LogP contribution >= 0.6 is 0 Å². The van der Waals surface area contributed by atoms with Crippen molar-refractivity contribution in [3.63, 3.8) is 0 Å². The maximum atomic E-state index is 3.94. The summed E-state index contributed by atoms with van der Waals surface area (Å²) < 4.78 is 0. The number of benzene rings is 2. The molecule has 0 radical (unpaired) electrons. The second-order valence-corrected chi connectivity index (χ2v) is 8.00. The predicted octanol–water partition coefficient (Wildman–Crippen LogP) is 8.53. The standard InChI is InChI=1S/C18H22.C11H16/c1-5-8-16(6-2)9-7-10-17-11-13-18(14-12-17)15(3)4;1-9(2)7-11-6-4-5-10(3)8-11/h5,7-9,11-14H,1,3,6,10H2,2,4H3;4-6,8-9H,7H2,1-3H3/b9-7-,16-8-;. The molecule has 0 unspecified atom stereocenters. The smallest absolute Gasteiger partial charge is 0.00942 e. The van der Waals surface area contributed by atoms with E-state index in [-0.39, 0.29) is 0 Å². The van der Waals surface area contributed by atoms with Gasteiger partial charge in [-0.2, -0.15) is 0 Å². The molecule has 0 saturated carbocycles. The van der Waals surface area contributed by atoms with Crippen LogP contribution in [0.1, 0.15) is 56.4 Å². The molecule has 0 N–H and O–H groups in total. The van der Waals surface area contributed by atoms with Crippen molar-refractivity contribution in [1.82, 2.24) is 0 Å². The van der Waals surface area contributed by atoms with Crippen molar-refractivity contribution >= 4 is 5.57 Å². The molecule has 0 spiro atoms. The monoisotopic (exact) mass is 386 g/mol. The lowest BCUT2D eigenvalue weighted by atomic mass is 10.0. The van der Waals surface area contributed by atoms with E-state index in [0.717, 1.165) is 24.3 Å². The first kappa shape index (κ1) is 24.4. The zero-order valence-corrected chi connectivity index (χ0v) is 19.0. The molecule has 0 fully saturated rings. The van der Waals surface area contributed by atoms with Crippen LogP contribution in [0.15, 0.2) is 91.6 Å². The summed E-state index contributed by atoms with van der Waals surface area (Å²) in [5, 5.41) is 0. The fraction of sp³-hybridized carbons (Fsp3) is 0.310. The summed E-state index contributed by atoms with van der Waals surface area (Å²) in [6.07, 6.45) is 11.5. The maximum absolute atomic E-state index is 3.94. The van der Waals surface area contributed by atoms with Gasteiger partial charge in [-0.25, -0.2) is 0 Å². The molecular formula is C29H38.